The van der Waals surface area contributed by atoms with Crippen LogP contribution >= 0.6 is 0 Å². The van der Waals surface area contributed by atoms with Crippen LogP contribution in [0.2, 0.25) is 0 Å². The van der Waals surface area contributed by atoms with E-state index < -0.39 is 0 Å². The Balaban J connectivity index is 1.93. The van der Waals surface area contributed by atoms with Gasteiger partial charge in [-0.3, -0.25) is 4.79 Å². The lowest BCUT2D eigenvalue weighted by Crippen LogP contribution is -2.21. The molecule has 5 nitrogen and oxygen atoms in total. The average molecular weight is 248 g/mol. The molecule has 18 heavy (non-hydrogen) atoms. The molecule has 0 radical (unpaired) electrons. The fourth-order valence-corrected chi connectivity index (χ4v) is 1.72. The number of aromatic nitrogens is 1. The number of carbonyl (C=O) groups is 1. The number of fused-ring (bicyclic) bond motifs is 1. The normalized spacial score (nSPS) is 10.8. The van der Waals surface area contributed by atoms with Gasteiger partial charge in [-0.2, -0.15) is 0 Å². The summed E-state index contributed by atoms with van der Waals surface area (Å²) in [4.78, 5) is 15.4. The molecule has 0 saturated heterocycles. The van der Waals surface area contributed by atoms with Gasteiger partial charge in [0.25, 0.3) is 0 Å². The molecule has 0 aliphatic carbocycles. The number of aryl methyl sites for hydroxylation is 1. The SMILES string of the molecule is CNCC(=O)OCCc1ccc2oc(C)nc2c1. The lowest BCUT2D eigenvalue weighted by atomic mass is 10.1. The van der Waals surface area contributed by atoms with Crippen molar-refractivity contribution in [2.45, 2.75) is 13.3 Å². The number of benzene rings is 1. The number of esters is 1. The van der Waals surface area contributed by atoms with Gasteiger partial charge in [-0.25, -0.2) is 4.98 Å². The molecule has 0 fully saturated rings. The van der Waals surface area contributed by atoms with Gasteiger partial charge in [-0.1, -0.05) is 6.07 Å². The van der Waals surface area contributed by atoms with E-state index in [-0.39, 0.29) is 12.5 Å². The molecule has 0 atom stereocenters. The monoisotopic (exact) mass is 248 g/mol. The van der Waals surface area contributed by atoms with Crippen LogP contribution in [0.15, 0.2) is 22.6 Å². The number of hydrogen-bond donors (Lipinski definition) is 1. The van der Waals surface area contributed by atoms with E-state index >= 15 is 0 Å². The van der Waals surface area contributed by atoms with E-state index in [0.29, 0.717) is 18.9 Å². The fraction of sp³-hybridized carbons (Fsp3) is 0.385. The largest absolute Gasteiger partial charge is 0.464 e. The third-order valence-electron chi connectivity index (χ3n) is 2.53. The Morgan fingerprint density at radius 3 is 3.11 bits per heavy atom. The molecular formula is C13H16N2O3. The highest BCUT2D eigenvalue weighted by atomic mass is 16.5. The van der Waals surface area contributed by atoms with Crippen molar-refractivity contribution in [2.75, 3.05) is 20.2 Å². The number of hydrogen-bond acceptors (Lipinski definition) is 5. The lowest BCUT2D eigenvalue weighted by molar-refractivity contribution is -0.142. The molecule has 2 aromatic rings. The van der Waals surface area contributed by atoms with Gasteiger partial charge in [-0.15, -0.1) is 0 Å². The predicted octanol–water partition coefficient (Wildman–Crippen LogP) is 1.44. The van der Waals surface area contributed by atoms with Gasteiger partial charge in [0.15, 0.2) is 11.5 Å². The minimum absolute atomic E-state index is 0.238. The first-order chi connectivity index (χ1) is 8.69. The minimum atomic E-state index is -0.240. The predicted molar refractivity (Wildman–Crippen MR) is 67.3 cm³/mol. The van der Waals surface area contributed by atoms with Crippen molar-refractivity contribution < 1.29 is 13.9 Å². The zero-order valence-electron chi connectivity index (χ0n) is 10.5. The number of oxazole rings is 1. The summed E-state index contributed by atoms with van der Waals surface area (Å²) in [5, 5.41) is 2.75. The molecule has 1 aromatic heterocycles. The third-order valence-corrected chi connectivity index (χ3v) is 2.53. The molecule has 0 amide bonds. The molecule has 0 unspecified atom stereocenters. The average Bonchev–Trinajstić information content (AvgIpc) is 2.69. The number of carbonyl (C=O) groups excluding carboxylic acids is 1. The molecule has 0 spiro atoms. The summed E-state index contributed by atoms with van der Waals surface area (Å²) in [5.41, 5.74) is 2.70. The Bertz CT molecular complexity index is 548. The first-order valence-electron chi connectivity index (χ1n) is 5.85. The Morgan fingerprint density at radius 1 is 1.50 bits per heavy atom. The van der Waals surface area contributed by atoms with Gasteiger partial charge in [0.05, 0.1) is 13.2 Å². The van der Waals surface area contributed by atoms with Crippen molar-refractivity contribution in [3.63, 3.8) is 0 Å². The molecule has 96 valence electrons. The second kappa shape index (κ2) is 5.64. The highest BCUT2D eigenvalue weighted by Crippen LogP contribution is 2.16. The number of nitrogens with one attached hydrogen (secondary N) is 1. The highest BCUT2D eigenvalue weighted by molar-refractivity contribution is 5.73. The van der Waals surface area contributed by atoms with Gasteiger partial charge in [0.2, 0.25) is 0 Å². The smallest absolute Gasteiger partial charge is 0.319 e. The van der Waals surface area contributed by atoms with Crippen LogP contribution in [0.25, 0.3) is 11.1 Å². The van der Waals surface area contributed by atoms with Crippen molar-refractivity contribution in [1.29, 1.82) is 0 Å². The molecule has 5 heteroatoms. The van der Waals surface area contributed by atoms with Crippen molar-refractivity contribution in [2.24, 2.45) is 0 Å². The summed E-state index contributed by atoms with van der Waals surface area (Å²) in [6.07, 6.45) is 0.678. The number of ether oxygens (including phenoxy) is 1. The molecule has 0 bridgehead atoms. The topological polar surface area (TPSA) is 64.4 Å². The van der Waals surface area contributed by atoms with Crippen LogP contribution in [-0.4, -0.2) is 31.2 Å². The highest BCUT2D eigenvalue weighted by Gasteiger charge is 2.04. The summed E-state index contributed by atoms with van der Waals surface area (Å²) >= 11 is 0. The van der Waals surface area contributed by atoms with Crippen molar-refractivity contribution in [3.8, 4) is 0 Å². The number of nitrogens with zero attached hydrogens (tertiary/aromatic N) is 1. The Morgan fingerprint density at radius 2 is 2.33 bits per heavy atom. The zero-order valence-corrected chi connectivity index (χ0v) is 10.5. The van der Waals surface area contributed by atoms with Crippen LogP contribution in [-0.2, 0) is 16.0 Å². The lowest BCUT2D eigenvalue weighted by Gasteiger charge is -2.04. The first-order valence-corrected chi connectivity index (χ1v) is 5.85. The van der Waals surface area contributed by atoms with Gasteiger partial charge in [0, 0.05) is 13.3 Å². The van der Waals surface area contributed by atoms with E-state index in [9.17, 15) is 4.79 Å². The third kappa shape index (κ3) is 3.07. The van der Waals surface area contributed by atoms with Gasteiger partial charge >= 0.3 is 5.97 Å². The second-order valence-electron chi connectivity index (χ2n) is 4.04. The summed E-state index contributed by atoms with van der Waals surface area (Å²) in [5.74, 6) is 0.415. The quantitative estimate of drug-likeness (QED) is 0.811. The Labute approximate surface area is 105 Å². The molecule has 0 aliphatic rings. The fourth-order valence-electron chi connectivity index (χ4n) is 1.72. The molecule has 2 rings (SSSR count). The summed E-state index contributed by atoms with van der Waals surface area (Å²) in [6, 6.07) is 5.80. The van der Waals surface area contributed by atoms with E-state index in [4.69, 9.17) is 9.15 Å². The minimum Gasteiger partial charge on any atom is -0.464 e. The summed E-state index contributed by atoms with van der Waals surface area (Å²) < 4.78 is 10.5. The first kappa shape index (κ1) is 12.6. The van der Waals surface area contributed by atoms with Crippen LogP contribution in [0.5, 0.6) is 0 Å². The van der Waals surface area contributed by atoms with Gasteiger partial charge in [-0.05, 0) is 24.7 Å². The van der Waals surface area contributed by atoms with Gasteiger partial charge in [0.1, 0.15) is 5.52 Å². The van der Waals surface area contributed by atoms with Crippen molar-refractivity contribution in [1.82, 2.24) is 10.3 Å². The van der Waals surface area contributed by atoms with Crippen LogP contribution < -0.4 is 5.32 Å². The van der Waals surface area contributed by atoms with E-state index in [0.717, 1.165) is 16.7 Å². The van der Waals surface area contributed by atoms with Crippen LogP contribution in [0.4, 0.5) is 0 Å². The molecular weight excluding hydrogens is 232 g/mol. The summed E-state index contributed by atoms with van der Waals surface area (Å²) in [7, 11) is 1.71. The molecule has 1 N–H and O–H groups in total. The second-order valence-corrected chi connectivity index (χ2v) is 4.04. The van der Waals surface area contributed by atoms with E-state index in [1.165, 1.54) is 0 Å². The van der Waals surface area contributed by atoms with Gasteiger partial charge < -0.3 is 14.5 Å². The number of rotatable bonds is 5. The number of likely N-dealkylation sites (N-methyl/N-ethyl adjacent to an activating group) is 1. The molecule has 0 aliphatic heterocycles. The molecule has 1 heterocycles. The van der Waals surface area contributed by atoms with Crippen LogP contribution in [0, 0.1) is 6.92 Å². The zero-order chi connectivity index (χ0) is 13.0. The van der Waals surface area contributed by atoms with Crippen molar-refractivity contribution in [3.05, 3.63) is 29.7 Å². The van der Waals surface area contributed by atoms with E-state index in [1.807, 2.05) is 25.1 Å². The Kier molecular flexibility index (Phi) is 3.94. The maximum Gasteiger partial charge on any atom is 0.319 e. The molecule has 0 saturated carbocycles. The maximum absolute atomic E-state index is 11.1. The van der Waals surface area contributed by atoms with Crippen molar-refractivity contribution >= 4 is 17.1 Å². The van der Waals surface area contributed by atoms with E-state index in [1.54, 1.807) is 7.05 Å². The maximum atomic E-state index is 11.1. The van der Waals surface area contributed by atoms with Crippen LogP contribution in [0.3, 0.4) is 0 Å². The molecule has 1 aromatic carbocycles. The van der Waals surface area contributed by atoms with Crippen LogP contribution in [0.1, 0.15) is 11.5 Å². The van der Waals surface area contributed by atoms with E-state index in [2.05, 4.69) is 10.3 Å². The Hall–Kier alpha value is -1.88. The summed E-state index contributed by atoms with van der Waals surface area (Å²) in [6.45, 7) is 2.43. The standard InChI is InChI=1S/C13H16N2O3/c1-9-15-11-7-10(3-4-12(11)18-9)5-6-17-13(16)8-14-2/h3-4,7,14H,5-6,8H2,1-2H3.